The zero-order valence-electron chi connectivity index (χ0n) is 17.4. The Morgan fingerprint density at radius 1 is 1.18 bits per heavy atom. The van der Waals surface area contributed by atoms with E-state index in [4.69, 9.17) is 0 Å². The second-order valence-electron chi connectivity index (χ2n) is 7.43. The summed E-state index contributed by atoms with van der Waals surface area (Å²) in [7, 11) is 0. The van der Waals surface area contributed by atoms with Crippen molar-refractivity contribution >= 4 is 36.8 Å². The molecule has 1 aliphatic heterocycles. The number of hydrogen-bond acceptors (Lipinski definition) is 4. The van der Waals surface area contributed by atoms with E-state index in [-0.39, 0.29) is 54.4 Å². The minimum atomic E-state index is -4.50. The number of amides is 2. The van der Waals surface area contributed by atoms with Crippen LogP contribution in [0.4, 0.5) is 29.1 Å². The summed E-state index contributed by atoms with van der Waals surface area (Å²) < 4.78 is 53.7. The fourth-order valence-corrected chi connectivity index (χ4v) is 3.62. The molecule has 0 spiro atoms. The summed E-state index contributed by atoms with van der Waals surface area (Å²) in [5, 5.41) is 6.62. The normalized spacial score (nSPS) is 15.6. The van der Waals surface area contributed by atoms with E-state index in [1.165, 1.54) is 40.9 Å². The number of carbonyl (C=O) groups excluding carboxylic acids is 2. The first-order valence-corrected chi connectivity index (χ1v) is 9.56. The van der Waals surface area contributed by atoms with Crippen LogP contribution in [0, 0.1) is 12.7 Å². The Morgan fingerprint density at radius 3 is 2.52 bits per heavy atom. The van der Waals surface area contributed by atoms with Gasteiger partial charge >= 0.3 is 6.18 Å². The number of halogens is 4. The summed E-state index contributed by atoms with van der Waals surface area (Å²) in [4.78, 5) is 31.1. The third-order valence-electron chi connectivity index (χ3n) is 5.15. The molecule has 0 fully saturated rings. The molecule has 3 heterocycles. The number of nitrogens with one attached hydrogen (secondary N) is 1. The highest BCUT2D eigenvalue weighted by Gasteiger charge is 2.37. The maximum atomic E-state index is 13.2. The first-order valence-electron chi connectivity index (χ1n) is 9.56. The van der Waals surface area contributed by atoms with Crippen LogP contribution in [0.1, 0.15) is 44.9 Å². The van der Waals surface area contributed by atoms with Crippen molar-refractivity contribution in [3.8, 4) is 0 Å². The standard InChI is InChI=1S/C21H17F4N5O2.H2S/c1-11-7-14(4-5-16(11)21(23,24)25)29-10-12(2)30-18(20(29)32)15(9-27-30)19(31)28-17-6-3-13(22)8-26-17;/h3-9,12H,10H2,1-2H3,(H,26,28,31);1H2/t12-;/m0./s1. The number of anilines is 2. The second kappa shape index (κ2) is 8.85. The van der Waals surface area contributed by atoms with E-state index in [0.717, 1.165) is 18.3 Å². The number of aryl methyl sites for hydroxylation is 1. The van der Waals surface area contributed by atoms with Gasteiger partial charge in [0.15, 0.2) is 0 Å². The van der Waals surface area contributed by atoms with Crippen molar-refractivity contribution in [2.75, 3.05) is 16.8 Å². The van der Waals surface area contributed by atoms with Gasteiger partial charge in [-0.05, 0) is 49.7 Å². The molecule has 33 heavy (non-hydrogen) atoms. The number of nitrogens with zero attached hydrogens (tertiary/aromatic N) is 4. The van der Waals surface area contributed by atoms with Crippen LogP contribution in [0.25, 0.3) is 0 Å². The highest BCUT2D eigenvalue weighted by molar-refractivity contribution is 7.59. The van der Waals surface area contributed by atoms with E-state index in [1.807, 2.05) is 0 Å². The Balaban J connectivity index is 0.00000306. The smallest absolute Gasteiger partial charge is 0.306 e. The topological polar surface area (TPSA) is 80.1 Å². The van der Waals surface area contributed by atoms with Crippen molar-refractivity contribution in [1.82, 2.24) is 14.8 Å². The molecule has 0 radical (unpaired) electrons. The van der Waals surface area contributed by atoms with Gasteiger partial charge in [-0.2, -0.15) is 31.8 Å². The van der Waals surface area contributed by atoms with E-state index < -0.39 is 29.4 Å². The number of rotatable bonds is 3. The van der Waals surface area contributed by atoms with E-state index in [2.05, 4.69) is 15.4 Å². The maximum absolute atomic E-state index is 13.2. The van der Waals surface area contributed by atoms with Gasteiger partial charge in [0.2, 0.25) is 0 Å². The molecule has 0 bridgehead atoms. The van der Waals surface area contributed by atoms with Crippen molar-refractivity contribution in [3.63, 3.8) is 0 Å². The molecule has 2 amide bonds. The zero-order valence-corrected chi connectivity index (χ0v) is 18.4. The summed E-state index contributed by atoms with van der Waals surface area (Å²) in [6, 6.07) is 5.51. The monoisotopic (exact) mass is 481 g/mol. The van der Waals surface area contributed by atoms with Gasteiger partial charge in [0, 0.05) is 12.2 Å². The van der Waals surface area contributed by atoms with Crippen LogP contribution in [-0.4, -0.2) is 33.1 Å². The lowest BCUT2D eigenvalue weighted by Gasteiger charge is -2.32. The van der Waals surface area contributed by atoms with Gasteiger partial charge in [-0.25, -0.2) is 9.37 Å². The first kappa shape index (κ1) is 24.2. The third-order valence-corrected chi connectivity index (χ3v) is 5.15. The lowest BCUT2D eigenvalue weighted by Crippen LogP contribution is -2.43. The molecule has 0 saturated heterocycles. The average Bonchev–Trinajstić information content (AvgIpc) is 3.17. The number of aromatic nitrogens is 3. The van der Waals surface area contributed by atoms with E-state index >= 15 is 0 Å². The molecule has 1 atom stereocenters. The maximum Gasteiger partial charge on any atom is 0.416 e. The predicted octanol–water partition coefficient (Wildman–Crippen LogP) is 4.33. The molecular weight excluding hydrogens is 462 g/mol. The summed E-state index contributed by atoms with van der Waals surface area (Å²) in [6.07, 6.45) is -2.32. The van der Waals surface area contributed by atoms with Gasteiger partial charge in [0.05, 0.1) is 29.6 Å². The van der Waals surface area contributed by atoms with Crippen molar-refractivity contribution in [2.24, 2.45) is 0 Å². The highest BCUT2D eigenvalue weighted by atomic mass is 32.1. The zero-order chi connectivity index (χ0) is 23.2. The molecule has 1 aliphatic rings. The molecule has 174 valence electrons. The largest absolute Gasteiger partial charge is 0.416 e. The molecule has 1 aromatic carbocycles. The van der Waals surface area contributed by atoms with Gasteiger partial charge in [0.25, 0.3) is 11.8 Å². The van der Waals surface area contributed by atoms with Gasteiger partial charge in [0.1, 0.15) is 17.3 Å². The summed E-state index contributed by atoms with van der Waals surface area (Å²) >= 11 is 0. The summed E-state index contributed by atoms with van der Waals surface area (Å²) in [5.74, 6) is -1.73. The molecule has 2 aromatic heterocycles. The molecule has 0 aliphatic carbocycles. The molecule has 0 saturated carbocycles. The highest BCUT2D eigenvalue weighted by Crippen LogP contribution is 2.35. The molecule has 4 rings (SSSR count). The Kier molecular flexibility index (Phi) is 6.50. The van der Waals surface area contributed by atoms with Crippen LogP contribution in [0.3, 0.4) is 0 Å². The molecule has 1 N–H and O–H groups in total. The van der Waals surface area contributed by atoms with Crippen molar-refractivity contribution in [3.05, 3.63) is 70.9 Å². The Morgan fingerprint density at radius 2 is 1.91 bits per heavy atom. The number of carbonyl (C=O) groups is 2. The Hall–Kier alpha value is -3.41. The van der Waals surface area contributed by atoms with Crippen molar-refractivity contribution in [2.45, 2.75) is 26.1 Å². The van der Waals surface area contributed by atoms with E-state index in [9.17, 15) is 27.2 Å². The number of fused-ring (bicyclic) bond motifs is 1. The third kappa shape index (κ3) is 4.56. The fraction of sp³-hybridized carbons (Fsp3) is 0.238. The average molecular weight is 481 g/mol. The van der Waals surface area contributed by atoms with Crippen LogP contribution in [0.5, 0.6) is 0 Å². The summed E-state index contributed by atoms with van der Waals surface area (Å²) in [5.41, 5.74) is -0.542. The number of alkyl halides is 3. The molecule has 0 unspecified atom stereocenters. The fourth-order valence-electron chi connectivity index (χ4n) is 3.62. The molecule has 12 heteroatoms. The first-order chi connectivity index (χ1) is 15.1. The number of benzene rings is 1. The van der Waals surface area contributed by atoms with Gasteiger partial charge < -0.3 is 10.2 Å². The molecular formula is C21H19F4N5O2S. The molecule has 3 aromatic rings. The van der Waals surface area contributed by atoms with E-state index in [1.54, 1.807) is 6.92 Å². The van der Waals surface area contributed by atoms with Crippen LogP contribution < -0.4 is 10.2 Å². The lowest BCUT2D eigenvalue weighted by atomic mass is 10.0. The van der Waals surface area contributed by atoms with Gasteiger partial charge in [-0.15, -0.1) is 0 Å². The quantitative estimate of drug-likeness (QED) is 0.565. The number of hydrogen-bond donors (Lipinski definition) is 1. The second-order valence-corrected chi connectivity index (χ2v) is 7.43. The van der Waals surface area contributed by atoms with Crippen LogP contribution in [0.15, 0.2) is 42.7 Å². The minimum Gasteiger partial charge on any atom is -0.306 e. The minimum absolute atomic E-state index is 0. The van der Waals surface area contributed by atoms with Crippen molar-refractivity contribution < 1.29 is 27.2 Å². The Labute approximate surface area is 192 Å². The van der Waals surface area contributed by atoms with Crippen LogP contribution >= 0.6 is 13.5 Å². The number of pyridine rings is 1. The predicted molar refractivity (Wildman–Crippen MR) is 117 cm³/mol. The molecule has 7 nitrogen and oxygen atoms in total. The van der Waals surface area contributed by atoms with Crippen LogP contribution in [-0.2, 0) is 6.18 Å². The lowest BCUT2D eigenvalue weighted by molar-refractivity contribution is -0.138. The van der Waals surface area contributed by atoms with Gasteiger partial charge in [-0.1, -0.05) is 0 Å². The van der Waals surface area contributed by atoms with E-state index in [0.29, 0.717) is 0 Å². The van der Waals surface area contributed by atoms with Gasteiger partial charge in [-0.3, -0.25) is 14.3 Å². The van der Waals surface area contributed by atoms with Crippen molar-refractivity contribution in [1.29, 1.82) is 0 Å². The van der Waals surface area contributed by atoms with Crippen LogP contribution in [0.2, 0.25) is 0 Å². The summed E-state index contributed by atoms with van der Waals surface area (Å²) in [6.45, 7) is 3.26. The SMILES string of the molecule is Cc1cc(N2C[C@H](C)n3ncc(C(=O)Nc4ccc(F)cn4)c3C2=O)ccc1C(F)(F)F.S. The Bertz CT molecular complexity index is 1210.